The molecule has 1 aromatic heterocycles. The Morgan fingerprint density at radius 1 is 1.08 bits per heavy atom. The van der Waals surface area contributed by atoms with Crippen LogP contribution in [-0.2, 0) is 14.3 Å². The van der Waals surface area contributed by atoms with Crippen molar-refractivity contribution < 1.29 is 23.8 Å². The first-order valence-electron chi connectivity index (χ1n) is 11.8. The zero-order valence-electron chi connectivity index (χ0n) is 20.1. The number of rotatable bonds is 8. The minimum Gasteiger partial charge on any atom is -0.393 e. The van der Waals surface area contributed by atoms with Crippen molar-refractivity contribution in [1.29, 1.82) is 0 Å². The summed E-state index contributed by atoms with van der Waals surface area (Å²) >= 11 is 5.92. The Labute approximate surface area is 218 Å². The molecule has 8 nitrogen and oxygen atoms in total. The molecule has 10 heteroatoms. The summed E-state index contributed by atoms with van der Waals surface area (Å²) in [7, 11) is 0. The molecule has 1 aliphatic rings. The maximum absolute atomic E-state index is 14.9. The van der Waals surface area contributed by atoms with Gasteiger partial charge in [0, 0.05) is 35.6 Å². The molecule has 0 bridgehead atoms. The Morgan fingerprint density at radius 3 is 2.35 bits per heavy atom. The van der Waals surface area contributed by atoms with Crippen molar-refractivity contribution in [3.05, 3.63) is 88.1 Å². The van der Waals surface area contributed by atoms with Gasteiger partial charge in [-0.25, -0.2) is 4.39 Å². The molecule has 1 unspecified atom stereocenters. The number of pyridine rings is 1. The van der Waals surface area contributed by atoms with E-state index in [4.69, 9.17) is 16.3 Å². The molecule has 2 amide bonds. The Kier molecular flexibility index (Phi) is 8.06. The summed E-state index contributed by atoms with van der Waals surface area (Å²) < 4.78 is 22.0. The molecule has 0 aliphatic heterocycles. The molecule has 0 saturated heterocycles. The van der Waals surface area contributed by atoms with Crippen LogP contribution in [0.2, 0.25) is 5.02 Å². The fourth-order valence-corrected chi connectivity index (χ4v) is 4.83. The fraction of sp³-hybridized carbons (Fsp3) is 0.296. The van der Waals surface area contributed by atoms with Gasteiger partial charge in [0.2, 0.25) is 11.8 Å². The van der Waals surface area contributed by atoms with Gasteiger partial charge >= 0.3 is 0 Å². The van der Waals surface area contributed by atoms with Gasteiger partial charge in [0.1, 0.15) is 5.82 Å². The number of ether oxygens (including phenoxy) is 1. The third-order valence-electron chi connectivity index (χ3n) is 6.50. The summed E-state index contributed by atoms with van der Waals surface area (Å²) in [5.41, 5.74) is -0.680. The highest BCUT2D eigenvalue weighted by Crippen LogP contribution is 2.43. The van der Waals surface area contributed by atoms with Crippen LogP contribution in [0.3, 0.4) is 0 Å². The fourth-order valence-electron chi connectivity index (χ4n) is 4.71. The SMILES string of the molecule is CCOC1(CO)C[C@H](C(=O)Nc2ccc(Cl)cc2)[C@@H](C(=O)Nc2ccc(-n3ccccc3=O)cc2F)C1. The molecular weight excluding hydrogens is 501 g/mol. The molecule has 1 heterocycles. The first kappa shape index (κ1) is 26.5. The Bertz CT molecular complexity index is 1350. The van der Waals surface area contributed by atoms with Crippen LogP contribution in [0.25, 0.3) is 5.69 Å². The molecule has 2 aromatic carbocycles. The average Bonchev–Trinajstić information content (AvgIpc) is 3.28. The average molecular weight is 528 g/mol. The van der Waals surface area contributed by atoms with Crippen LogP contribution in [0.15, 0.2) is 71.7 Å². The second-order valence-corrected chi connectivity index (χ2v) is 9.39. The van der Waals surface area contributed by atoms with Crippen molar-refractivity contribution in [1.82, 2.24) is 4.57 Å². The number of aromatic nitrogens is 1. The number of halogens is 2. The quantitative estimate of drug-likeness (QED) is 0.410. The van der Waals surface area contributed by atoms with E-state index in [1.54, 1.807) is 43.3 Å². The normalized spacial score (nSPS) is 21.0. The van der Waals surface area contributed by atoms with Gasteiger partial charge in [-0.2, -0.15) is 0 Å². The van der Waals surface area contributed by atoms with Crippen LogP contribution < -0.4 is 16.2 Å². The van der Waals surface area contributed by atoms with E-state index in [1.165, 1.54) is 29.0 Å². The summed E-state index contributed by atoms with van der Waals surface area (Å²) in [6.45, 7) is 1.68. The topological polar surface area (TPSA) is 110 Å². The van der Waals surface area contributed by atoms with E-state index in [9.17, 15) is 23.9 Å². The molecule has 194 valence electrons. The van der Waals surface area contributed by atoms with Crippen LogP contribution in [-0.4, -0.2) is 40.3 Å². The number of aliphatic hydroxyl groups is 1. The number of nitrogens with one attached hydrogen (secondary N) is 2. The maximum atomic E-state index is 14.9. The lowest BCUT2D eigenvalue weighted by molar-refractivity contribution is -0.128. The summed E-state index contributed by atoms with van der Waals surface area (Å²) in [6, 6.07) is 15.1. The predicted molar refractivity (Wildman–Crippen MR) is 138 cm³/mol. The van der Waals surface area contributed by atoms with Crippen molar-refractivity contribution in [3.8, 4) is 5.69 Å². The Morgan fingerprint density at radius 2 is 1.76 bits per heavy atom. The number of hydrogen-bond donors (Lipinski definition) is 3. The van der Waals surface area contributed by atoms with Crippen LogP contribution in [0.1, 0.15) is 19.8 Å². The molecule has 4 rings (SSSR count). The third kappa shape index (κ3) is 5.90. The zero-order valence-corrected chi connectivity index (χ0v) is 20.9. The lowest BCUT2D eigenvalue weighted by Gasteiger charge is -2.26. The lowest BCUT2D eigenvalue weighted by atomic mass is 9.94. The second-order valence-electron chi connectivity index (χ2n) is 8.95. The maximum Gasteiger partial charge on any atom is 0.255 e. The molecule has 3 atom stereocenters. The van der Waals surface area contributed by atoms with Crippen LogP contribution in [0.5, 0.6) is 0 Å². The smallest absolute Gasteiger partial charge is 0.255 e. The molecule has 3 N–H and O–H groups in total. The summed E-state index contributed by atoms with van der Waals surface area (Å²) in [5, 5.41) is 15.9. The third-order valence-corrected chi connectivity index (χ3v) is 6.76. The summed E-state index contributed by atoms with van der Waals surface area (Å²) in [6.07, 6.45) is 1.72. The zero-order chi connectivity index (χ0) is 26.6. The molecule has 1 aliphatic carbocycles. The van der Waals surface area contributed by atoms with Gasteiger partial charge in [-0.05, 0) is 62.2 Å². The lowest BCUT2D eigenvalue weighted by Crippen LogP contribution is -2.35. The van der Waals surface area contributed by atoms with Crippen molar-refractivity contribution in [2.24, 2.45) is 11.8 Å². The van der Waals surface area contributed by atoms with Crippen LogP contribution >= 0.6 is 11.6 Å². The molecular formula is C27H27ClFN3O5. The van der Waals surface area contributed by atoms with E-state index >= 15 is 0 Å². The van der Waals surface area contributed by atoms with Crippen LogP contribution in [0.4, 0.5) is 15.8 Å². The van der Waals surface area contributed by atoms with Gasteiger partial charge in [0.25, 0.3) is 5.56 Å². The molecule has 0 spiro atoms. The van der Waals surface area contributed by atoms with E-state index in [1.807, 2.05) is 0 Å². The van der Waals surface area contributed by atoms with Crippen molar-refractivity contribution in [2.45, 2.75) is 25.4 Å². The predicted octanol–water partition coefficient (Wildman–Crippen LogP) is 4.00. The van der Waals surface area contributed by atoms with Crippen LogP contribution in [0, 0.1) is 17.7 Å². The molecule has 3 aromatic rings. The number of benzene rings is 2. The Hall–Kier alpha value is -3.53. The van der Waals surface area contributed by atoms with Crippen molar-refractivity contribution >= 4 is 34.8 Å². The van der Waals surface area contributed by atoms with E-state index in [0.717, 1.165) is 6.07 Å². The second kappa shape index (κ2) is 11.2. The molecule has 0 radical (unpaired) electrons. The van der Waals surface area contributed by atoms with Gasteiger partial charge in [0.05, 0.1) is 35.4 Å². The first-order chi connectivity index (χ1) is 17.7. The number of carbonyl (C=O) groups excluding carboxylic acids is 2. The van der Waals surface area contributed by atoms with Crippen molar-refractivity contribution in [3.63, 3.8) is 0 Å². The van der Waals surface area contributed by atoms with Gasteiger partial charge in [0.15, 0.2) is 0 Å². The Balaban J connectivity index is 1.56. The largest absolute Gasteiger partial charge is 0.393 e. The molecule has 37 heavy (non-hydrogen) atoms. The van der Waals surface area contributed by atoms with Gasteiger partial charge < -0.3 is 20.5 Å². The number of nitrogens with zero attached hydrogens (tertiary/aromatic N) is 1. The minimum atomic E-state index is -1.07. The highest BCUT2D eigenvalue weighted by Gasteiger charge is 2.51. The number of anilines is 2. The van der Waals surface area contributed by atoms with Gasteiger partial charge in [-0.15, -0.1) is 0 Å². The van der Waals surface area contributed by atoms with Crippen molar-refractivity contribution in [2.75, 3.05) is 23.8 Å². The number of hydrogen-bond acceptors (Lipinski definition) is 5. The summed E-state index contributed by atoms with van der Waals surface area (Å²) in [4.78, 5) is 38.6. The molecule has 1 saturated carbocycles. The highest BCUT2D eigenvalue weighted by molar-refractivity contribution is 6.30. The van der Waals surface area contributed by atoms with E-state index < -0.39 is 35.1 Å². The highest BCUT2D eigenvalue weighted by atomic mass is 35.5. The standard InChI is InChI=1S/C27H27ClFN3O5/c1-2-37-27(16-33)14-20(25(35)30-18-8-6-17(28)7-9-18)21(15-27)26(36)31-23-11-10-19(13-22(23)29)32-12-4-3-5-24(32)34/h3-13,20-21,33H,2,14-16H2,1H3,(H,30,35)(H,31,36)/t20-,21-,27?/m0/s1. The molecule has 1 fully saturated rings. The van der Waals surface area contributed by atoms with Gasteiger partial charge in [-0.1, -0.05) is 17.7 Å². The number of amides is 2. The van der Waals surface area contributed by atoms with Gasteiger partial charge in [-0.3, -0.25) is 19.0 Å². The minimum absolute atomic E-state index is 0.0843. The van der Waals surface area contributed by atoms with E-state index in [0.29, 0.717) is 16.4 Å². The van der Waals surface area contributed by atoms with E-state index in [2.05, 4.69) is 10.6 Å². The number of carbonyl (C=O) groups is 2. The number of aliphatic hydroxyl groups excluding tert-OH is 1. The monoisotopic (exact) mass is 527 g/mol. The summed E-state index contributed by atoms with van der Waals surface area (Å²) in [5.74, 6) is -3.45. The first-order valence-corrected chi connectivity index (χ1v) is 12.2. The van der Waals surface area contributed by atoms with E-state index in [-0.39, 0.29) is 37.3 Å².